The van der Waals surface area contributed by atoms with Gasteiger partial charge in [0.25, 0.3) is 5.69 Å². The Morgan fingerprint density at radius 3 is 2.40 bits per heavy atom. The van der Waals surface area contributed by atoms with Crippen molar-refractivity contribution < 1.29 is 18.4 Å². The van der Waals surface area contributed by atoms with E-state index in [1.807, 2.05) is 0 Å². The molecule has 1 heterocycles. The number of hydrogen-bond donors (Lipinski definition) is 1. The first-order valence-electron chi connectivity index (χ1n) is 3.89. The van der Waals surface area contributed by atoms with Gasteiger partial charge in [0.2, 0.25) is 0 Å². The monoisotopic (exact) mass is 251 g/mol. The molecule has 0 radical (unpaired) electrons. The Balaban J connectivity index is 3.44. The molecule has 0 bridgehead atoms. The quantitative estimate of drug-likeness (QED) is 0.641. The van der Waals surface area contributed by atoms with E-state index in [4.69, 9.17) is 0 Å². The van der Waals surface area contributed by atoms with Crippen LogP contribution in [0.25, 0.3) is 0 Å². The summed E-state index contributed by atoms with van der Waals surface area (Å²) >= 11 is 0.723. The molecule has 1 aromatic rings. The molecule has 0 aliphatic heterocycles. The van der Waals surface area contributed by atoms with Gasteiger partial charge < -0.3 is 5.11 Å². The molecule has 1 aromatic heterocycles. The summed E-state index contributed by atoms with van der Waals surface area (Å²) in [6.45, 7) is 1.42. The molecule has 0 spiro atoms. The molecule has 0 aliphatic rings. The number of rotatable bonds is 3. The molecule has 8 heteroatoms. The number of aliphatic hydroxyl groups is 1. The van der Waals surface area contributed by atoms with E-state index in [9.17, 15) is 23.6 Å². The highest BCUT2D eigenvalue weighted by atomic mass is 32.2. The first-order valence-corrected chi connectivity index (χ1v) is 6.60. The number of sulfone groups is 1. The van der Waals surface area contributed by atoms with Gasteiger partial charge >= 0.3 is 0 Å². The van der Waals surface area contributed by atoms with Gasteiger partial charge in [-0.15, -0.1) is 11.3 Å². The minimum atomic E-state index is -3.63. The Morgan fingerprint density at radius 1 is 1.60 bits per heavy atom. The van der Waals surface area contributed by atoms with Gasteiger partial charge in [0.15, 0.2) is 14.0 Å². The lowest BCUT2D eigenvalue weighted by atomic mass is 10.3. The second kappa shape index (κ2) is 3.87. The molecule has 1 unspecified atom stereocenters. The van der Waals surface area contributed by atoms with Crippen molar-refractivity contribution in [3.05, 3.63) is 21.1 Å². The third kappa shape index (κ3) is 2.52. The zero-order chi connectivity index (χ0) is 11.8. The van der Waals surface area contributed by atoms with E-state index in [1.54, 1.807) is 0 Å². The average Bonchev–Trinajstić information content (AvgIpc) is 2.45. The maximum Gasteiger partial charge on any atom is 0.299 e. The Bertz CT molecular complexity index is 487. The largest absolute Gasteiger partial charge is 0.388 e. The van der Waals surface area contributed by atoms with Crippen molar-refractivity contribution >= 4 is 26.9 Å². The maximum atomic E-state index is 11.2. The van der Waals surface area contributed by atoms with Crippen molar-refractivity contribution in [3.8, 4) is 0 Å². The number of aliphatic hydroxyl groups excluding tert-OH is 1. The van der Waals surface area contributed by atoms with Gasteiger partial charge in [-0.25, -0.2) is 8.42 Å². The van der Waals surface area contributed by atoms with Crippen LogP contribution in [0.4, 0.5) is 5.69 Å². The lowest BCUT2D eigenvalue weighted by Crippen LogP contribution is -1.98. The van der Waals surface area contributed by atoms with Gasteiger partial charge in [-0.05, 0) is 6.92 Å². The van der Waals surface area contributed by atoms with E-state index in [1.165, 1.54) is 6.92 Å². The van der Waals surface area contributed by atoms with E-state index in [-0.39, 0.29) is 9.09 Å². The highest BCUT2D eigenvalue weighted by Gasteiger charge is 2.27. The van der Waals surface area contributed by atoms with Crippen molar-refractivity contribution in [1.29, 1.82) is 0 Å². The molecule has 1 atom stereocenters. The highest BCUT2D eigenvalue weighted by molar-refractivity contribution is 7.93. The standard InChI is InChI=1S/C7H9NO5S2/c1-4(9)6-3-5(8(10)11)7(14-6)15(2,12)13/h3-4,9H,1-2H3. The van der Waals surface area contributed by atoms with Gasteiger partial charge in [-0.3, -0.25) is 10.1 Å². The van der Waals surface area contributed by atoms with E-state index in [0.29, 0.717) is 0 Å². The smallest absolute Gasteiger partial charge is 0.299 e. The summed E-state index contributed by atoms with van der Waals surface area (Å²) < 4.78 is 22.1. The van der Waals surface area contributed by atoms with Crippen LogP contribution < -0.4 is 0 Å². The fourth-order valence-electron chi connectivity index (χ4n) is 0.981. The SMILES string of the molecule is CC(O)c1cc([N+](=O)[O-])c(S(C)(=O)=O)s1. The lowest BCUT2D eigenvalue weighted by Gasteiger charge is -1.95. The minimum Gasteiger partial charge on any atom is -0.388 e. The van der Waals surface area contributed by atoms with E-state index < -0.39 is 26.6 Å². The second-order valence-electron chi connectivity index (χ2n) is 3.03. The Hall–Kier alpha value is -0.990. The van der Waals surface area contributed by atoms with Crippen molar-refractivity contribution in [2.24, 2.45) is 0 Å². The molecule has 0 saturated heterocycles. The Labute approximate surface area is 90.2 Å². The van der Waals surface area contributed by atoms with E-state index in [0.717, 1.165) is 23.7 Å². The zero-order valence-corrected chi connectivity index (χ0v) is 9.63. The number of nitro groups is 1. The van der Waals surface area contributed by atoms with Crippen LogP contribution in [0.5, 0.6) is 0 Å². The predicted molar refractivity (Wildman–Crippen MR) is 54.7 cm³/mol. The molecule has 1 rings (SSSR count). The van der Waals surface area contributed by atoms with Crippen LogP contribution >= 0.6 is 11.3 Å². The molecule has 0 fully saturated rings. The van der Waals surface area contributed by atoms with Gasteiger partial charge in [0, 0.05) is 17.2 Å². The summed E-state index contributed by atoms with van der Waals surface area (Å²) in [5.41, 5.74) is -0.474. The maximum absolute atomic E-state index is 11.2. The van der Waals surface area contributed by atoms with Crippen LogP contribution in [0, 0.1) is 10.1 Å². The van der Waals surface area contributed by atoms with Gasteiger partial charge in [0.05, 0.1) is 11.0 Å². The summed E-state index contributed by atoms with van der Waals surface area (Å²) in [7, 11) is -3.63. The number of nitrogens with zero attached hydrogens (tertiary/aromatic N) is 1. The molecule has 0 aromatic carbocycles. The fraction of sp³-hybridized carbons (Fsp3) is 0.429. The van der Waals surface area contributed by atoms with Gasteiger partial charge in [-0.2, -0.15) is 0 Å². The summed E-state index contributed by atoms with van der Waals surface area (Å²) in [6, 6.07) is 1.09. The first-order chi connectivity index (χ1) is 6.73. The summed E-state index contributed by atoms with van der Waals surface area (Å²) in [4.78, 5) is 10.1. The molecule has 0 saturated carbocycles. The van der Waals surface area contributed by atoms with Gasteiger partial charge in [0.1, 0.15) is 0 Å². The summed E-state index contributed by atoms with van der Waals surface area (Å²) in [6.07, 6.45) is -0.0123. The van der Waals surface area contributed by atoms with E-state index in [2.05, 4.69) is 0 Å². The van der Waals surface area contributed by atoms with Crippen molar-refractivity contribution in [1.82, 2.24) is 0 Å². The minimum absolute atomic E-state index is 0.266. The van der Waals surface area contributed by atoms with Crippen molar-refractivity contribution in [3.63, 3.8) is 0 Å². The normalized spacial score (nSPS) is 13.8. The molecule has 84 valence electrons. The van der Waals surface area contributed by atoms with Crippen LogP contribution in [-0.2, 0) is 9.84 Å². The van der Waals surface area contributed by atoms with E-state index >= 15 is 0 Å². The molecular weight excluding hydrogens is 242 g/mol. The lowest BCUT2D eigenvalue weighted by molar-refractivity contribution is -0.387. The molecule has 15 heavy (non-hydrogen) atoms. The second-order valence-corrected chi connectivity index (χ2v) is 6.32. The predicted octanol–water partition coefficient (Wildman–Crippen LogP) is 1.11. The van der Waals surface area contributed by atoms with Crippen molar-refractivity contribution in [2.75, 3.05) is 6.26 Å². The Morgan fingerprint density at radius 2 is 2.13 bits per heavy atom. The Kier molecular flexibility index (Phi) is 3.12. The fourth-order valence-corrected chi connectivity index (χ4v) is 3.18. The highest BCUT2D eigenvalue weighted by Crippen LogP contribution is 2.35. The van der Waals surface area contributed by atoms with Crippen LogP contribution in [0.1, 0.15) is 17.9 Å². The molecule has 0 amide bonds. The van der Waals surface area contributed by atoms with Crippen LogP contribution in [0.15, 0.2) is 10.3 Å². The number of hydrogen-bond acceptors (Lipinski definition) is 6. The number of thiophene rings is 1. The molecule has 6 nitrogen and oxygen atoms in total. The van der Waals surface area contributed by atoms with Crippen LogP contribution in [-0.4, -0.2) is 24.7 Å². The van der Waals surface area contributed by atoms with Crippen molar-refractivity contribution in [2.45, 2.75) is 17.2 Å². The van der Waals surface area contributed by atoms with Crippen LogP contribution in [0.2, 0.25) is 0 Å². The van der Waals surface area contributed by atoms with Gasteiger partial charge in [-0.1, -0.05) is 0 Å². The molecular formula is C7H9NO5S2. The van der Waals surface area contributed by atoms with Crippen LogP contribution in [0.3, 0.4) is 0 Å². The topological polar surface area (TPSA) is 97.5 Å². The third-order valence-corrected chi connectivity index (χ3v) is 4.77. The molecule has 1 N–H and O–H groups in total. The summed E-state index contributed by atoms with van der Waals surface area (Å²) in [5, 5.41) is 19.8. The molecule has 0 aliphatic carbocycles. The third-order valence-electron chi connectivity index (χ3n) is 1.64. The first kappa shape index (κ1) is 12.1. The average molecular weight is 251 g/mol. The zero-order valence-electron chi connectivity index (χ0n) is 8.00. The summed E-state index contributed by atoms with van der Waals surface area (Å²) in [5.74, 6) is 0.